The zero-order valence-electron chi connectivity index (χ0n) is 4.52. The third-order valence-electron chi connectivity index (χ3n) is 1.63. The lowest BCUT2D eigenvalue weighted by molar-refractivity contribution is 0.773. The molecule has 0 aromatic carbocycles. The molecule has 1 saturated carbocycles. The fourth-order valence-corrected chi connectivity index (χ4v) is 0.801. The molecule has 0 N–H and O–H groups in total. The fraction of sp³-hybridized carbons (Fsp3) is 0.833. The van der Waals surface area contributed by atoms with Crippen LogP contribution in [0.25, 0.3) is 0 Å². The maximum atomic E-state index is 8.14. The van der Waals surface area contributed by atoms with Gasteiger partial charge in [0.15, 0.2) is 0 Å². The molecule has 0 radical (unpaired) electrons. The lowest BCUT2D eigenvalue weighted by Gasteiger charge is -1.76. The van der Waals surface area contributed by atoms with Crippen molar-refractivity contribution >= 4 is 0 Å². The quantitative estimate of drug-likeness (QED) is 0.484. The van der Waals surface area contributed by atoms with E-state index in [0.717, 1.165) is 18.3 Å². The van der Waals surface area contributed by atoms with E-state index in [2.05, 4.69) is 13.0 Å². The van der Waals surface area contributed by atoms with Gasteiger partial charge in [0.1, 0.15) is 0 Å². The van der Waals surface area contributed by atoms with Gasteiger partial charge in [-0.15, -0.1) is 0 Å². The molecule has 1 fully saturated rings. The molecule has 0 saturated heterocycles. The second kappa shape index (κ2) is 1.54. The van der Waals surface area contributed by atoms with Gasteiger partial charge in [-0.2, -0.15) is 5.26 Å². The predicted octanol–water partition coefficient (Wildman–Crippen LogP) is 1.56. The van der Waals surface area contributed by atoms with Crippen LogP contribution in [0, 0.1) is 23.2 Å². The molecule has 2 atom stereocenters. The van der Waals surface area contributed by atoms with E-state index in [4.69, 9.17) is 5.26 Å². The van der Waals surface area contributed by atoms with Gasteiger partial charge in [-0.1, -0.05) is 6.92 Å². The van der Waals surface area contributed by atoms with Gasteiger partial charge in [-0.05, 0) is 18.3 Å². The van der Waals surface area contributed by atoms with Crippen LogP contribution in [0.3, 0.4) is 0 Å². The Morgan fingerprint density at radius 1 is 1.86 bits per heavy atom. The molecule has 1 heteroatoms. The van der Waals surface area contributed by atoms with E-state index >= 15 is 0 Å². The molecule has 1 aliphatic carbocycles. The zero-order valence-corrected chi connectivity index (χ0v) is 4.52. The molecular weight excluding hydrogens is 86.1 g/mol. The van der Waals surface area contributed by atoms with Crippen molar-refractivity contribution in [1.29, 1.82) is 5.26 Å². The molecular formula is C6H9N. The first kappa shape index (κ1) is 4.64. The highest BCUT2D eigenvalue weighted by molar-refractivity contribution is 4.89. The van der Waals surface area contributed by atoms with Gasteiger partial charge in [0, 0.05) is 6.42 Å². The molecule has 0 bridgehead atoms. The van der Waals surface area contributed by atoms with Crippen LogP contribution < -0.4 is 0 Å². The molecule has 1 aliphatic rings. The highest BCUT2D eigenvalue weighted by Gasteiger charge is 2.31. The average Bonchev–Trinajstić information content (AvgIpc) is 2.22. The van der Waals surface area contributed by atoms with Gasteiger partial charge in [0.2, 0.25) is 0 Å². The highest BCUT2D eigenvalue weighted by Crippen LogP contribution is 2.39. The third-order valence-corrected chi connectivity index (χ3v) is 1.63. The fourth-order valence-electron chi connectivity index (χ4n) is 0.801. The molecule has 0 aromatic rings. The molecule has 0 amide bonds. The van der Waals surface area contributed by atoms with E-state index in [1.165, 1.54) is 6.42 Å². The average molecular weight is 95.1 g/mol. The summed E-state index contributed by atoms with van der Waals surface area (Å²) >= 11 is 0. The number of nitrogens with zero attached hydrogens (tertiary/aromatic N) is 1. The summed E-state index contributed by atoms with van der Waals surface area (Å²) < 4.78 is 0. The minimum atomic E-state index is 0.755. The Hall–Kier alpha value is -0.510. The normalized spacial score (nSPS) is 37.1. The van der Waals surface area contributed by atoms with Gasteiger partial charge in [0.25, 0.3) is 0 Å². The Labute approximate surface area is 44.0 Å². The van der Waals surface area contributed by atoms with Crippen LogP contribution in [0.2, 0.25) is 0 Å². The lowest BCUT2D eigenvalue weighted by Crippen LogP contribution is -1.71. The molecule has 0 aliphatic heterocycles. The van der Waals surface area contributed by atoms with Gasteiger partial charge >= 0.3 is 0 Å². The Morgan fingerprint density at radius 3 is 2.57 bits per heavy atom. The van der Waals surface area contributed by atoms with Crippen molar-refractivity contribution in [2.75, 3.05) is 0 Å². The highest BCUT2D eigenvalue weighted by atomic mass is 14.4. The number of hydrogen-bond donors (Lipinski definition) is 0. The summed E-state index contributed by atoms with van der Waals surface area (Å²) in [5.41, 5.74) is 0. The summed E-state index contributed by atoms with van der Waals surface area (Å²) in [6.45, 7) is 2.20. The van der Waals surface area contributed by atoms with E-state index in [1.54, 1.807) is 0 Å². The summed E-state index contributed by atoms with van der Waals surface area (Å²) in [4.78, 5) is 0. The minimum Gasteiger partial charge on any atom is -0.198 e. The Bertz CT molecular complexity index is 101. The van der Waals surface area contributed by atoms with Gasteiger partial charge in [-0.3, -0.25) is 0 Å². The van der Waals surface area contributed by atoms with Crippen LogP contribution in [-0.2, 0) is 0 Å². The number of rotatable bonds is 1. The number of nitriles is 1. The van der Waals surface area contributed by atoms with E-state index in [9.17, 15) is 0 Å². The summed E-state index contributed by atoms with van der Waals surface area (Å²) in [5.74, 6) is 1.60. The Kier molecular flexibility index (Phi) is 1.02. The van der Waals surface area contributed by atoms with Crippen LogP contribution in [-0.4, -0.2) is 0 Å². The van der Waals surface area contributed by atoms with Gasteiger partial charge < -0.3 is 0 Å². The smallest absolute Gasteiger partial charge is 0.0624 e. The zero-order chi connectivity index (χ0) is 5.28. The Balaban J connectivity index is 2.12. The lowest BCUT2D eigenvalue weighted by atomic mass is 10.3. The maximum absolute atomic E-state index is 8.14. The molecule has 0 heterocycles. The van der Waals surface area contributed by atoms with Crippen LogP contribution >= 0.6 is 0 Å². The largest absolute Gasteiger partial charge is 0.198 e. The molecule has 0 aromatic heterocycles. The van der Waals surface area contributed by atoms with Gasteiger partial charge in [-0.25, -0.2) is 0 Å². The Morgan fingerprint density at radius 2 is 2.43 bits per heavy atom. The van der Waals surface area contributed by atoms with E-state index < -0.39 is 0 Å². The molecule has 0 spiro atoms. The standard InChI is InChI=1S/C6H9N/c1-5-4-6(5)2-3-7/h5-6H,2,4H2,1H3/t5?,6-/m1/s1. The van der Waals surface area contributed by atoms with Crippen LogP contribution in [0.4, 0.5) is 0 Å². The molecule has 1 nitrogen and oxygen atoms in total. The predicted molar refractivity (Wildman–Crippen MR) is 27.5 cm³/mol. The summed E-state index contributed by atoms with van der Waals surface area (Å²) in [7, 11) is 0. The maximum Gasteiger partial charge on any atom is 0.0624 e. The van der Waals surface area contributed by atoms with Crippen molar-refractivity contribution in [3.8, 4) is 6.07 Å². The van der Waals surface area contributed by atoms with Crippen molar-refractivity contribution < 1.29 is 0 Å². The van der Waals surface area contributed by atoms with Crippen molar-refractivity contribution in [2.24, 2.45) is 11.8 Å². The van der Waals surface area contributed by atoms with Crippen LogP contribution in [0.1, 0.15) is 19.8 Å². The molecule has 1 unspecified atom stereocenters. The first-order valence-corrected chi connectivity index (χ1v) is 2.71. The van der Waals surface area contributed by atoms with Crippen molar-refractivity contribution in [1.82, 2.24) is 0 Å². The number of hydrogen-bond acceptors (Lipinski definition) is 1. The monoisotopic (exact) mass is 95.1 g/mol. The molecule has 1 rings (SSSR count). The molecule has 38 valence electrons. The van der Waals surface area contributed by atoms with Crippen LogP contribution in [0.15, 0.2) is 0 Å². The SMILES string of the molecule is CC1C[C@H]1CC#N. The second-order valence-corrected chi connectivity index (χ2v) is 2.34. The van der Waals surface area contributed by atoms with E-state index in [-0.39, 0.29) is 0 Å². The van der Waals surface area contributed by atoms with Crippen molar-refractivity contribution in [3.05, 3.63) is 0 Å². The first-order valence-electron chi connectivity index (χ1n) is 2.71. The van der Waals surface area contributed by atoms with Gasteiger partial charge in [0.05, 0.1) is 6.07 Å². The third kappa shape index (κ3) is 0.928. The molecule has 7 heavy (non-hydrogen) atoms. The summed E-state index contributed by atoms with van der Waals surface area (Å²) in [6.07, 6.45) is 2.06. The summed E-state index contributed by atoms with van der Waals surface area (Å²) in [5, 5.41) is 8.14. The van der Waals surface area contributed by atoms with Crippen molar-refractivity contribution in [2.45, 2.75) is 19.8 Å². The minimum absolute atomic E-state index is 0.755. The van der Waals surface area contributed by atoms with Crippen LogP contribution in [0.5, 0.6) is 0 Å². The van der Waals surface area contributed by atoms with E-state index in [1.807, 2.05) is 0 Å². The van der Waals surface area contributed by atoms with E-state index in [0.29, 0.717) is 0 Å². The summed E-state index contributed by atoms with van der Waals surface area (Å²) in [6, 6.07) is 2.16. The topological polar surface area (TPSA) is 23.8 Å². The first-order chi connectivity index (χ1) is 3.34. The second-order valence-electron chi connectivity index (χ2n) is 2.34. The van der Waals surface area contributed by atoms with Crippen molar-refractivity contribution in [3.63, 3.8) is 0 Å².